The average Bonchev–Trinajstić information content (AvgIpc) is 2.46. The number of amides is 1. The van der Waals surface area contributed by atoms with Gasteiger partial charge in [0.1, 0.15) is 0 Å². The number of carbonyl (C=O) groups is 1. The highest BCUT2D eigenvalue weighted by Crippen LogP contribution is 2.35. The van der Waals surface area contributed by atoms with Crippen molar-refractivity contribution in [2.45, 2.75) is 50.9 Å². The monoisotopic (exact) mass is 308 g/mol. The summed E-state index contributed by atoms with van der Waals surface area (Å²) in [5, 5.41) is 12.0. The largest absolute Gasteiger partial charge is 0.772 e. The molecule has 0 radical (unpaired) electrons. The molecular weight excluding hydrogens is 287 g/mol. The molecule has 1 rings (SSSR count). The molecule has 1 aliphatic rings. The van der Waals surface area contributed by atoms with Crippen molar-refractivity contribution in [1.82, 2.24) is 15.5 Å². The molecule has 0 aromatic carbocycles. The average molecular weight is 308 g/mol. The fraction of sp³-hybridized carbons (Fsp3) is 0.769. The molecule has 8 heteroatoms. The van der Waals surface area contributed by atoms with Crippen molar-refractivity contribution in [3.05, 3.63) is 16.9 Å². The second-order valence-corrected chi connectivity index (χ2v) is 5.06. The highest BCUT2D eigenvalue weighted by molar-refractivity contribution is 5.49. The molecule has 1 aliphatic carbocycles. The first-order valence-electron chi connectivity index (χ1n) is 6.94. The quantitative estimate of drug-likeness (QED) is 0.445. The molecular formula is C13H21F3N3O2-. The summed E-state index contributed by atoms with van der Waals surface area (Å²) in [5.74, 6) is 0. The summed E-state index contributed by atoms with van der Waals surface area (Å²) in [6, 6.07) is -0.927. The van der Waals surface area contributed by atoms with Crippen LogP contribution in [0.5, 0.6) is 0 Å². The maximum absolute atomic E-state index is 12.8. The van der Waals surface area contributed by atoms with Crippen LogP contribution in [0.3, 0.4) is 0 Å². The third kappa shape index (κ3) is 4.98. The lowest BCUT2D eigenvalue weighted by Gasteiger charge is -2.41. The van der Waals surface area contributed by atoms with Gasteiger partial charge in [-0.15, -0.1) is 0 Å². The van der Waals surface area contributed by atoms with Gasteiger partial charge in [0.15, 0.2) is 0 Å². The molecule has 2 atom stereocenters. The first kappa shape index (κ1) is 17.9. The van der Waals surface area contributed by atoms with Crippen molar-refractivity contribution >= 4 is 6.41 Å². The summed E-state index contributed by atoms with van der Waals surface area (Å²) in [6.45, 7) is 1.82. The third-order valence-electron chi connectivity index (χ3n) is 3.77. The lowest BCUT2D eigenvalue weighted by atomic mass is 9.92. The van der Waals surface area contributed by atoms with Gasteiger partial charge in [-0.2, -0.15) is 13.2 Å². The molecule has 0 fully saturated rings. The van der Waals surface area contributed by atoms with E-state index in [-0.39, 0.29) is 19.4 Å². The predicted octanol–water partition coefficient (Wildman–Crippen LogP) is 2.20. The number of halogens is 3. The van der Waals surface area contributed by atoms with E-state index in [1.165, 1.54) is 18.0 Å². The van der Waals surface area contributed by atoms with Crippen molar-refractivity contribution in [1.29, 1.82) is 0 Å². The molecule has 0 aromatic heterocycles. The van der Waals surface area contributed by atoms with Crippen LogP contribution in [-0.2, 0) is 4.79 Å². The standard InChI is InChI=1S/C13H21F3N3O2/c1-3-11(8-19(21)17-2)18(9-20)12-6-4-5-10(7-12)13(14,15)16/h5,9,11-12,17H,3-4,6-8H2,1-2H3/q-1. The number of nitrogens with zero attached hydrogens (tertiary/aromatic N) is 2. The summed E-state index contributed by atoms with van der Waals surface area (Å²) in [6.07, 6.45) is -1.56. The Bertz CT molecular complexity index is 374. The number of carbonyl (C=O) groups excluding carboxylic acids is 1. The number of rotatable bonds is 7. The minimum absolute atomic E-state index is 0.0211. The minimum atomic E-state index is -4.36. The van der Waals surface area contributed by atoms with Gasteiger partial charge in [0.25, 0.3) is 0 Å². The van der Waals surface area contributed by atoms with Crippen LogP contribution in [0.4, 0.5) is 13.2 Å². The van der Waals surface area contributed by atoms with Crippen LogP contribution in [0, 0.1) is 5.21 Å². The molecule has 1 N–H and O–H groups in total. The minimum Gasteiger partial charge on any atom is -0.772 e. The Morgan fingerprint density at radius 3 is 2.71 bits per heavy atom. The molecule has 0 heterocycles. The second kappa shape index (κ2) is 7.77. The maximum Gasteiger partial charge on any atom is 0.412 e. The molecule has 122 valence electrons. The number of alkyl halides is 3. The van der Waals surface area contributed by atoms with Crippen LogP contribution in [-0.4, -0.2) is 48.3 Å². The summed E-state index contributed by atoms with van der Waals surface area (Å²) < 4.78 is 38.4. The van der Waals surface area contributed by atoms with Crippen LogP contribution in [0.2, 0.25) is 0 Å². The van der Waals surface area contributed by atoms with Gasteiger partial charge in [0.05, 0.1) is 0 Å². The van der Waals surface area contributed by atoms with Gasteiger partial charge in [0, 0.05) is 24.2 Å². The summed E-state index contributed by atoms with van der Waals surface area (Å²) in [4.78, 5) is 12.7. The van der Waals surface area contributed by atoms with E-state index in [1.54, 1.807) is 6.92 Å². The van der Waals surface area contributed by atoms with Gasteiger partial charge in [0.2, 0.25) is 6.41 Å². The second-order valence-electron chi connectivity index (χ2n) is 5.06. The van der Waals surface area contributed by atoms with E-state index >= 15 is 0 Å². The number of allylic oxidation sites excluding steroid dienone is 1. The molecule has 5 nitrogen and oxygen atoms in total. The van der Waals surface area contributed by atoms with Gasteiger partial charge in [-0.1, -0.05) is 13.0 Å². The first-order chi connectivity index (χ1) is 9.83. The smallest absolute Gasteiger partial charge is 0.412 e. The molecule has 0 saturated heterocycles. The van der Waals surface area contributed by atoms with Crippen molar-refractivity contribution in [2.75, 3.05) is 13.6 Å². The van der Waals surface area contributed by atoms with E-state index in [1.807, 2.05) is 0 Å². The zero-order chi connectivity index (χ0) is 16.0. The van der Waals surface area contributed by atoms with Crippen molar-refractivity contribution < 1.29 is 18.0 Å². The van der Waals surface area contributed by atoms with Gasteiger partial charge >= 0.3 is 6.18 Å². The number of hydrogen-bond acceptors (Lipinski definition) is 4. The fourth-order valence-electron chi connectivity index (χ4n) is 2.56. The predicted molar refractivity (Wildman–Crippen MR) is 72.9 cm³/mol. The third-order valence-corrected chi connectivity index (χ3v) is 3.77. The van der Waals surface area contributed by atoms with Gasteiger partial charge in [-0.3, -0.25) is 10.2 Å². The zero-order valence-corrected chi connectivity index (χ0v) is 12.2. The zero-order valence-electron chi connectivity index (χ0n) is 12.2. The normalized spacial score (nSPS) is 21.1. The van der Waals surface area contributed by atoms with Gasteiger partial charge in [-0.25, -0.2) is 0 Å². The van der Waals surface area contributed by atoms with E-state index in [2.05, 4.69) is 5.43 Å². The van der Waals surface area contributed by atoms with E-state index < -0.39 is 23.8 Å². The number of hydrazine groups is 1. The van der Waals surface area contributed by atoms with Gasteiger partial charge < -0.3 is 15.3 Å². The van der Waals surface area contributed by atoms with Crippen LogP contribution < -0.4 is 5.43 Å². The van der Waals surface area contributed by atoms with E-state index in [4.69, 9.17) is 0 Å². The summed E-state index contributed by atoms with van der Waals surface area (Å²) in [7, 11) is 1.45. The molecule has 0 aromatic rings. The number of hydrogen-bond donors (Lipinski definition) is 1. The molecule has 0 bridgehead atoms. The lowest BCUT2D eigenvalue weighted by Crippen LogP contribution is -2.49. The number of nitrogens with one attached hydrogen (secondary N) is 1. The maximum atomic E-state index is 12.8. The van der Waals surface area contributed by atoms with Crippen LogP contribution >= 0.6 is 0 Å². The fourth-order valence-corrected chi connectivity index (χ4v) is 2.56. The Morgan fingerprint density at radius 1 is 1.57 bits per heavy atom. The highest BCUT2D eigenvalue weighted by atomic mass is 19.4. The van der Waals surface area contributed by atoms with E-state index in [0.717, 1.165) is 0 Å². The molecule has 1 amide bonds. The SMILES string of the molecule is CCC(CN([O-])NC)N(C=O)C1CCC=C(C(F)(F)F)C1. The first-order valence-corrected chi connectivity index (χ1v) is 6.94. The Hall–Kier alpha value is -1.12. The van der Waals surface area contributed by atoms with Crippen LogP contribution in [0.1, 0.15) is 32.6 Å². The van der Waals surface area contributed by atoms with Crippen molar-refractivity contribution in [2.24, 2.45) is 0 Å². The van der Waals surface area contributed by atoms with Crippen LogP contribution in [0.25, 0.3) is 0 Å². The van der Waals surface area contributed by atoms with Gasteiger partial charge in [-0.05, 0) is 32.7 Å². The molecule has 0 spiro atoms. The lowest BCUT2D eigenvalue weighted by molar-refractivity contribution is -0.125. The van der Waals surface area contributed by atoms with Crippen molar-refractivity contribution in [3.63, 3.8) is 0 Å². The molecule has 2 unspecified atom stereocenters. The summed E-state index contributed by atoms with van der Waals surface area (Å²) in [5.41, 5.74) is 1.80. The highest BCUT2D eigenvalue weighted by Gasteiger charge is 2.38. The molecule has 21 heavy (non-hydrogen) atoms. The van der Waals surface area contributed by atoms with E-state index in [9.17, 15) is 23.2 Å². The molecule has 0 saturated carbocycles. The Morgan fingerprint density at radius 2 is 2.24 bits per heavy atom. The van der Waals surface area contributed by atoms with E-state index in [0.29, 0.717) is 24.4 Å². The molecule has 0 aliphatic heterocycles. The summed E-state index contributed by atoms with van der Waals surface area (Å²) >= 11 is 0. The van der Waals surface area contributed by atoms with Crippen molar-refractivity contribution in [3.8, 4) is 0 Å². The number of hydroxylamine groups is 1. The van der Waals surface area contributed by atoms with Crippen LogP contribution in [0.15, 0.2) is 11.6 Å². The topological polar surface area (TPSA) is 58.6 Å². The Balaban J connectivity index is 2.80. The Kier molecular flexibility index (Phi) is 6.63. The Labute approximate surface area is 122 Å².